The molecule has 3 heterocycles. The molecule has 0 saturated carbocycles. The summed E-state index contributed by atoms with van der Waals surface area (Å²) in [5.41, 5.74) is 4.02. The van der Waals surface area contributed by atoms with Crippen LogP contribution in [0, 0.1) is 25.7 Å². The first-order valence-corrected chi connectivity index (χ1v) is 12.7. The number of nitrogens with one attached hydrogen (secondary N) is 2. The van der Waals surface area contributed by atoms with Crippen molar-refractivity contribution in [3.05, 3.63) is 94.5 Å². The Bertz CT molecular complexity index is 1420. The first-order chi connectivity index (χ1) is 17.8. The van der Waals surface area contributed by atoms with E-state index in [1.54, 1.807) is 12.1 Å². The third-order valence-corrected chi connectivity index (χ3v) is 8.12. The van der Waals surface area contributed by atoms with E-state index in [0.717, 1.165) is 33.5 Å². The number of hydrogen-bond acceptors (Lipinski definition) is 5. The molecule has 3 N–H and O–H groups in total. The Morgan fingerprint density at radius 2 is 1.65 bits per heavy atom. The molecule has 0 aliphatic carbocycles. The average molecular weight is 496 g/mol. The minimum atomic E-state index is -1.31. The van der Waals surface area contributed by atoms with E-state index in [2.05, 4.69) is 10.6 Å². The lowest BCUT2D eigenvalue weighted by atomic mass is 9.75. The molecular formula is C30H29N3O4. The van der Waals surface area contributed by atoms with Crippen molar-refractivity contribution < 1.29 is 19.5 Å². The summed E-state index contributed by atoms with van der Waals surface area (Å²) in [6, 6.07) is 20.1. The molecule has 4 atom stereocenters. The Kier molecular flexibility index (Phi) is 5.42. The smallest absolute Gasteiger partial charge is 0.250 e. The second-order valence-corrected chi connectivity index (χ2v) is 10.5. The number of fused-ring (bicyclic) bond motifs is 4. The minimum absolute atomic E-state index is 0.159. The van der Waals surface area contributed by atoms with Crippen LogP contribution in [0.2, 0.25) is 0 Å². The van der Waals surface area contributed by atoms with Crippen molar-refractivity contribution in [3.63, 3.8) is 0 Å². The Morgan fingerprint density at radius 3 is 2.38 bits per heavy atom. The van der Waals surface area contributed by atoms with E-state index < -0.39 is 23.4 Å². The van der Waals surface area contributed by atoms with Crippen molar-refractivity contribution in [1.29, 1.82) is 0 Å². The summed E-state index contributed by atoms with van der Waals surface area (Å²) < 4.78 is 0. The van der Waals surface area contributed by atoms with E-state index >= 15 is 0 Å². The third-order valence-electron chi connectivity index (χ3n) is 8.12. The molecule has 7 nitrogen and oxygen atoms in total. The molecule has 2 saturated heterocycles. The normalized spacial score (nSPS) is 26.1. The number of phenols is 1. The summed E-state index contributed by atoms with van der Waals surface area (Å²) in [4.78, 5) is 43.0. The van der Waals surface area contributed by atoms with Gasteiger partial charge in [0.15, 0.2) is 0 Å². The topological polar surface area (TPSA) is 98.7 Å². The van der Waals surface area contributed by atoms with Crippen LogP contribution in [0.4, 0.5) is 5.69 Å². The van der Waals surface area contributed by atoms with Crippen LogP contribution in [0.25, 0.3) is 0 Å². The monoisotopic (exact) mass is 495 g/mol. The standard InChI is InChI=1S/C30H29N3O4/c1-17-14-18(2)26-22(15-17)30(29(37)31-26)25-24(23(32-30)16-20-8-10-21(34)11-9-20)27(35)33(28(25)36)13-12-19-6-4-3-5-7-19/h3-11,14-15,23-25,32,34H,12-13,16H2,1-2H3,(H,31,37)/t23-,24+,25+,30-/m0/s1. The highest BCUT2D eigenvalue weighted by Crippen LogP contribution is 2.54. The molecule has 3 aliphatic rings. The van der Waals surface area contributed by atoms with E-state index in [1.807, 2.05) is 68.4 Å². The highest BCUT2D eigenvalue weighted by molar-refractivity contribution is 6.15. The van der Waals surface area contributed by atoms with Gasteiger partial charge in [-0.05, 0) is 55.5 Å². The highest BCUT2D eigenvalue weighted by atomic mass is 16.3. The zero-order chi connectivity index (χ0) is 25.9. The molecule has 7 heteroatoms. The minimum Gasteiger partial charge on any atom is -0.508 e. The van der Waals surface area contributed by atoms with Crippen LogP contribution in [-0.2, 0) is 32.8 Å². The predicted octanol–water partition coefficient (Wildman–Crippen LogP) is 3.21. The summed E-state index contributed by atoms with van der Waals surface area (Å²) in [6.45, 7) is 4.19. The zero-order valence-corrected chi connectivity index (χ0v) is 20.8. The highest BCUT2D eigenvalue weighted by Gasteiger charge is 2.70. The molecular weight excluding hydrogens is 466 g/mol. The number of likely N-dealkylation sites (tertiary alicyclic amines) is 1. The van der Waals surface area contributed by atoms with Crippen molar-refractivity contribution in [3.8, 4) is 5.75 Å². The average Bonchev–Trinajstić information content (AvgIpc) is 3.45. The van der Waals surface area contributed by atoms with Gasteiger partial charge in [0.2, 0.25) is 17.7 Å². The Morgan fingerprint density at radius 1 is 0.919 bits per heavy atom. The van der Waals surface area contributed by atoms with Crippen molar-refractivity contribution in [2.75, 3.05) is 11.9 Å². The number of rotatable bonds is 5. The summed E-state index contributed by atoms with van der Waals surface area (Å²) in [5, 5.41) is 16.2. The molecule has 3 amide bonds. The van der Waals surface area contributed by atoms with Crippen molar-refractivity contribution in [2.45, 2.75) is 38.3 Å². The van der Waals surface area contributed by atoms with E-state index in [-0.39, 0.29) is 30.0 Å². The number of phenolic OH excluding ortho intramolecular Hbond substituents is 1. The molecule has 0 unspecified atom stereocenters. The van der Waals surface area contributed by atoms with Crippen LogP contribution in [0.5, 0.6) is 5.75 Å². The van der Waals surface area contributed by atoms with E-state index in [1.165, 1.54) is 4.90 Å². The molecule has 6 rings (SSSR count). The van der Waals surface area contributed by atoms with Crippen molar-refractivity contribution in [1.82, 2.24) is 10.2 Å². The van der Waals surface area contributed by atoms with Crippen molar-refractivity contribution in [2.24, 2.45) is 11.8 Å². The lowest BCUT2D eigenvalue weighted by Crippen LogP contribution is -2.53. The van der Waals surface area contributed by atoms with E-state index in [4.69, 9.17) is 0 Å². The maximum atomic E-state index is 14.0. The summed E-state index contributed by atoms with van der Waals surface area (Å²) in [7, 11) is 0. The van der Waals surface area contributed by atoms with Gasteiger partial charge in [0.25, 0.3) is 0 Å². The van der Waals surface area contributed by atoms with E-state index in [9.17, 15) is 19.5 Å². The lowest BCUT2D eigenvalue weighted by Gasteiger charge is -2.30. The van der Waals surface area contributed by atoms with Crippen molar-refractivity contribution >= 4 is 23.4 Å². The molecule has 0 bridgehead atoms. The van der Waals surface area contributed by atoms with Crippen LogP contribution in [0.3, 0.4) is 0 Å². The first-order valence-electron chi connectivity index (χ1n) is 12.7. The number of nitrogens with zero attached hydrogens (tertiary/aromatic N) is 1. The SMILES string of the molecule is Cc1cc(C)c2c(c1)[C@@]1(N[C@@H](Cc3ccc(O)cc3)[C@H]3C(=O)N(CCc4ccccc4)C(=O)[C@@H]31)C(=O)N2. The number of carbonyl (C=O) groups is 3. The van der Waals surface area contributed by atoms with Crippen LogP contribution >= 0.6 is 0 Å². The molecule has 3 aliphatic heterocycles. The second kappa shape index (κ2) is 8.56. The fourth-order valence-corrected chi connectivity index (χ4v) is 6.48. The van der Waals surface area contributed by atoms with Gasteiger partial charge in [-0.15, -0.1) is 0 Å². The number of aryl methyl sites for hydroxylation is 2. The molecule has 0 radical (unpaired) electrons. The molecule has 0 aromatic heterocycles. The molecule has 3 aromatic carbocycles. The van der Waals surface area contributed by atoms with Gasteiger partial charge in [0.1, 0.15) is 11.3 Å². The number of benzene rings is 3. The number of anilines is 1. The molecule has 37 heavy (non-hydrogen) atoms. The number of hydrogen-bond donors (Lipinski definition) is 3. The molecule has 188 valence electrons. The van der Waals surface area contributed by atoms with Gasteiger partial charge in [-0.25, -0.2) is 0 Å². The fraction of sp³-hybridized carbons (Fsp3) is 0.300. The number of imide groups is 1. The Balaban J connectivity index is 1.42. The van der Waals surface area contributed by atoms with Gasteiger partial charge in [-0.2, -0.15) is 0 Å². The zero-order valence-electron chi connectivity index (χ0n) is 20.8. The van der Waals surface area contributed by atoms with Gasteiger partial charge >= 0.3 is 0 Å². The first kappa shape index (κ1) is 23.4. The van der Waals surface area contributed by atoms with Gasteiger partial charge in [0.05, 0.1) is 11.8 Å². The van der Waals surface area contributed by atoms with E-state index in [0.29, 0.717) is 12.8 Å². The summed E-state index contributed by atoms with van der Waals surface area (Å²) in [5.74, 6) is -2.16. The number of amides is 3. The third kappa shape index (κ3) is 3.56. The van der Waals surface area contributed by atoms with Gasteiger partial charge in [-0.1, -0.05) is 60.2 Å². The van der Waals surface area contributed by atoms with Crippen LogP contribution in [0.15, 0.2) is 66.7 Å². The van der Waals surface area contributed by atoms with Crippen LogP contribution in [-0.4, -0.2) is 40.3 Å². The Labute approximate surface area is 215 Å². The van der Waals surface area contributed by atoms with Crippen LogP contribution in [0.1, 0.15) is 27.8 Å². The maximum absolute atomic E-state index is 14.0. The number of aromatic hydroxyl groups is 1. The summed E-state index contributed by atoms with van der Waals surface area (Å²) >= 11 is 0. The molecule has 1 spiro atoms. The lowest BCUT2D eigenvalue weighted by molar-refractivity contribution is -0.142. The predicted molar refractivity (Wildman–Crippen MR) is 139 cm³/mol. The quantitative estimate of drug-likeness (QED) is 0.472. The van der Waals surface area contributed by atoms with Gasteiger partial charge < -0.3 is 10.4 Å². The summed E-state index contributed by atoms with van der Waals surface area (Å²) in [6.07, 6.45) is 1.00. The largest absolute Gasteiger partial charge is 0.508 e. The van der Waals surface area contributed by atoms with Crippen LogP contribution < -0.4 is 10.6 Å². The maximum Gasteiger partial charge on any atom is 0.250 e. The fourth-order valence-electron chi connectivity index (χ4n) is 6.48. The molecule has 3 aromatic rings. The van der Waals surface area contributed by atoms with Gasteiger partial charge in [0, 0.05) is 23.8 Å². The number of carbonyl (C=O) groups excluding carboxylic acids is 3. The Hall–Kier alpha value is -3.97. The second-order valence-electron chi connectivity index (χ2n) is 10.5. The molecule has 2 fully saturated rings. The van der Waals surface area contributed by atoms with Gasteiger partial charge in [-0.3, -0.25) is 24.6 Å².